The van der Waals surface area contributed by atoms with E-state index in [1.165, 1.54) is 6.92 Å². The fraction of sp³-hybridized carbons (Fsp3) is 0.217. The first-order valence-electron chi connectivity index (χ1n) is 9.98. The third-order valence-corrected chi connectivity index (χ3v) is 5.66. The van der Waals surface area contributed by atoms with E-state index in [1.54, 1.807) is 48.8 Å². The summed E-state index contributed by atoms with van der Waals surface area (Å²) in [5.74, 6) is -1.75. The van der Waals surface area contributed by atoms with Gasteiger partial charge in [0, 0.05) is 64.8 Å². The summed E-state index contributed by atoms with van der Waals surface area (Å²) in [6.45, 7) is 1.67. The Bertz CT molecular complexity index is 1120. The van der Waals surface area contributed by atoms with Gasteiger partial charge in [-0.25, -0.2) is 0 Å². The minimum absolute atomic E-state index is 0.0514. The van der Waals surface area contributed by atoms with Crippen LogP contribution in [0.15, 0.2) is 67.0 Å². The molecule has 2 heterocycles. The van der Waals surface area contributed by atoms with Gasteiger partial charge in [-0.2, -0.15) is 0 Å². The van der Waals surface area contributed by atoms with Crippen molar-refractivity contribution in [1.29, 1.82) is 0 Å². The fourth-order valence-corrected chi connectivity index (χ4v) is 4.11. The monoisotopic (exact) mass is 471 g/mol. The highest BCUT2D eigenvalue weighted by molar-refractivity contribution is 6.33. The molecule has 1 aliphatic rings. The summed E-state index contributed by atoms with van der Waals surface area (Å²) in [7, 11) is 0. The lowest BCUT2D eigenvalue weighted by atomic mass is 10.0. The van der Waals surface area contributed by atoms with Crippen molar-refractivity contribution < 1.29 is 9.53 Å². The standard InChI is InChI=1S/C23H21Cl2N4O3/c1-15(30)27-13-20-14-29(31)23(32-20,28-19-6-2-5-18(24)11-19)17-7-8-21(22(25)10-17)16-4-3-9-26-12-16/h2-12,20,28H,13-14H2,1H3,(H,27,30)/q-1. The Morgan fingerprint density at radius 3 is 2.78 bits per heavy atom. The van der Waals surface area contributed by atoms with Crippen LogP contribution in [0.4, 0.5) is 5.69 Å². The van der Waals surface area contributed by atoms with Gasteiger partial charge in [-0.05, 0) is 30.3 Å². The number of benzene rings is 2. The zero-order chi connectivity index (χ0) is 22.7. The highest BCUT2D eigenvalue weighted by atomic mass is 35.5. The average molecular weight is 472 g/mol. The number of nitrogens with zero attached hydrogens (tertiary/aromatic N) is 2. The van der Waals surface area contributed by atoms with Crippen LogP contribution in [-0.2, 0) is 15.4 Å². The van der Waals surface area contributed by atoms with Gasteiger partial charge < -0.3 is 25.6 Å². The third kappa shape index (κ3) is 4.72. The van der Waals surface area contributed by atoms with Crippen molar-refractivity contribution in [2.24, 2.45) is 0 Å². The quantitative estimate of drug-likeness (QED) is 0.545. The SMILES string of the molecule is CC(=O)NCC1CN([O-])C(Nc2cccc(Cl)c2)(c2ccc(-c3cccnc3)c(Cl)c2)O1. The van der Waals surface area contributed by atoms with Crippen LogP contribution in [-0.4, -0.2) is 35.1 Å². The van der Waals surface area contributed by atoms with E-state index in [1.807, 2.05) is 18.2 Å². The van der Waals surface area contributed by atoms with Gasteiger partial charge in [0.05, 0.1) is 6.10 Å². The lowest BCUT2D eigenvalue weighted by molar-refractivity contribution is -0.120. The first-order chi connectivity index (χ1) is 15.4. The molecule has 7 nitrogen and oxygen atoms in total. The number of carbonyl (C=O) groups is 1. The Morgan fingerprint density at radius 1 is 1.25 bits per heavy atom. The predicted octanol–water partition coefficient (Wildman–Crippen LogP) is 4.61. The molecule has 166 valence electrons. The summed E-state index contributed by atoms with van der Waals surface area (Å²) < 4.78 is 6.22. The number of rotatable bonds is 6. The molecule has 0 radical (unpaired) electrons. The predicted molar refractivity (Wildman–Crippen MR) is 125 cm³/mol. The van der Waals surface area contributed by atoms with Crippen LogP contribution in [0.5, 0.6) is 0 Å². The number of hydrogen-bond acceptors (Lipinski definition) is 6. The molecule has 0 aliphatic carbocycles. The molecule has 4 rings (SSSR count). The molecular formula is C23H21Cl2N4O3-. The van der Waals surface area contributed by atoms with Gasteiger partial charge in [0.1, 0.15) is 0 Å². The largest absolute Gasteiger partial charge is 0.781 e. The fourth-order valence-electron chi connectivity index (χ4n) is 3.63. The molecule has 3 aromatic rings. The minimum atomic E-state index is -1.55. The summed E-state index contributed by atoms with van der Waals surface area (Å²) in [4.78, 5) is 15.5. The van der Waals surface area contributed by atoms with Gasteiger partial charge in [0.15, 0.2) is 0 Å². The van der Waals surface area contributed by atoms with E-state index < -0.39 is 12.0 Å². The van der Waals surface area contributed by atoms with Gasteiger partial charge in [0.2, 0.25) is 11.8 Å². The van der Waals surface area contributed by atoms with Gasteiger partial charge in [0.25, 0.3) is 0 Å². The molecule has 1 amide bonds. The number of nitrogens with one attached hydrogen (secondary N) is 2. The molecule has 2 unspecified atom stereocenters. The van der Waals surface area contributed by atoms with E-state index in [-0.39, 0.29) is 19.0 Å². The molecule has 0 spiro atoms. The number of anilines is 1. The van der Waals surface area contributed by atoms with Crippen molar-refractivity contribution in [1.82, 2.24) is 15.4 Å². The summed E-state index contributed by atoms with van der Waals surface area (Å²) in [6, 6.07) is 16.1. The van der Waals surface area contributed by atoms with E-state index >= 15 is 0 Å². The van der Waals surface area contributed by atoms with E-state index in [0.717, 1.165) is 16.2 Å². The molecule has 32 heavy (non-hydrogen) atoms. The highest BCUT2D eigenvalue weighted by Gasteiger charge is 2.44. The first kappa shape index (κ1) is 22.5. The summed E-state index contributed by atoms with van der Waals surface area (Å²) in [6.07, 6.45) is 2.88. The minimum Gasteiger partial charge on any atom is -0.781 e. The summed E-state index contributed by atoms with van der Waals surface area (Å²) in [5.41, 5.74) is 2.77. The van der Waals surface area contributed by atoms with Crippen molar-refractivity contribution in [3.63, 3.8) is 0 Å². The third-order valence-electron chi connectivity index (χ3n) is 5.11. The molecule has 0 bridgehead atoms. The number of pyridine rings is 1. The van der Waals surface area contributed by atoms with Crippen molar-refractivity contribution in [3.05, 3.63) is 87.8 Å². The van der Waals surface area contributed by atoms with E-state index in [2.05, 4.69) is 15.6 Å². The Balaban J connectivity index is 1.72. The lowest BCUT2D eigenvalue weighted by Crippen LogP contribution is -2.46. The first-order valence-corrected chi connectivity index (χ1v) is 10.7. The molecule has 2 atom stereocenters. The second kappa shape index (κ2) is 9.44. The van der Waals surface area contributed by atoms with Crippen molar-refractivity contribution in [3.8, 4) is 11.1 Å². The van der Waals surface area contributed by atoms with E-state index in [0.29, 0.717) is 21.3 Å². The van der Waals surface area contributed by atoms with Gasteiger partial charge in [-0.1, -0.05) is 47.5 Å². The molecule has 2 aromatic carbocycles. The van der Waals surface area contributed by atoms with Crippen LogP contribution in [0.25, 0.3) is 11.1 Å². The average Bonchev–Trinajstić information content (AvgIpc) is 3.09. The molecule has 1 fully saturated rings. The number of ether oxygens (including phenoxy) is 1. The normalized spacial score (nSPS) is 20.8. The number of hydrogen-bond donors (Lipinski definition) is 2. The molecule has 2 N–H and O–H groups in total. The molecule has 1 saturated heterocycles. The maximum Gasteiger partial charge on any atom is 0.216 e. The number of aromatic nitrogens is 1. The molecule has 1 aromatic heterocycles. The van der Waals surface area contributed by atoms with Crippen LogP contribution in [0.3, 0.4) is 0 Å². The van der Waals surface area contributed by atoms with Gasteiger partial charge in [-0.15, -0.1) is 0 Å². The second-order valence-corrected chi connectivity index (χ2v) is 8.30. The number of amides is 1. The van der Waals surface area contributed by atoms with E-state index in [9.17, 15) is 10.0 Å². The zero-order valence-electron chi connectivity index (χ0n) is 17.2. The zero-order valence-corrected chi connectivity index (χ0v) is 18.7. The maximum atomic E-state index is 13.2. The molecule has 1 aliphatic heterocycles. The van der Waals surface area contributed by atoms with Crippen molar-refractivity contribution >= 4 is 34.8 Å². The Labute approximate surface area is 195 Å². The molecule has 9 heteroatoms. The Kier molecular flexibility index (Phi) is 6.64. The van der Waals surface area contributed by atoms with Crippen LogP contribution >= 0.6 is 23.2 Å². The maximum absolute atomic E-state index is 13.2. The topological polar surface area (TPSA) is 89.6 Å². The number of carbonyl (C=O) groups excluding carboxylic acids is 1. The van der Waals surface area contributed by atoms with Crippen LogP contribution in [0.1, 0.15) is 12.5 Å². The van der Waals surface area contributed by atoms with Crippen LogP contribution in [0, 0.1) is 5.21 Å². The lowest BCUT2D eigenvalue weighted by Gasteiger charge is -2.42. The van der Waals surface area contributed by atoms with Gasteiger partial charge in [-0.3, -0.25) is 9.78 Å². The Hall–Kier alpha value is -2.68. The summed E-state index contributed by atoms with van der Waals surface area (Å²) >= 11 is 12.7. The second-order valence-electron chi connectivity index (χ2n) is 7.45. The van der Waals surface area contributed by atoms with Crippen LogP contribution in [0.2, 0.25) is 10.0 Å². The van der Waals surface area contributed by atoms with Crippen LogP contribution < -0.4 is 10.6 Å². The van der Waals surface area contributed by atoms with Crippen molar-refractivity contribution in [2.45, 2.75) is 18.9 Å². The number of halogens is 2. The molecule has 0 saturated carbocycles. The molecular weight excluding hydrogens is 451 g/mol. The van der Waals surface area contributed by atoms with Crippen molar-refractivity contribution in [2.75, 3.05) is 18.4 Å². The smallest absolute Gasteiger partial charge is 0.216 e. The summed E-state index contributed by atoms with van der Waals surface area (Å²) in [5, 5.41) is 20.9. The highest BCUT2D eigenvalue weighted by Crippen LogP contribution is 2.40. The Morgan fingerprint density at radius 2 is 2.09 bits per heavy atom. The van der Waals surface area contributed by atoms with E-state index in [4.69, 9.17) is 27.9 Å². The number of hydroxylamine groups is 2. The van der Waals surface area contributed by atoms with Gasteiger partial charge >= 0.3 is 0 Å².